The summed E-state index contributed by atoms with van der Waals surface area (Å²) in [6, 6.07) is 34.8. The third-order valence-electron chi connectivity index (χ3n) is 7.03. The first-order valence-electron chi connectivity index (χ1n) is 14.7. The predicted octanol–water partition coefficient (Wildman–Crippen LogP) is 9.52. The van der Waals surface area contributed by atoms with E-state index in [4.69, 9.17) is 45.1 Å². The highest BCUT2D eigenvalue weighted by atomic mass is 35.5. The number of sulfonamides is 2. The normalized spacial score (nSPS) is 11.5. The van der Waals surface area contributed by atoms with Crippen molar-refractivity contribution in [2.75, 3.05) is 0 Å². The van der Waals surface area contributed by atoms with Gasteiger partial charge in [0.2, 0.25) is 20.0 Å². The molecule has 0 unspecified atom stereocenters. The number of hydrogen-bond acceptors (Lipinski definition) is 6. The topological polar surface area (TPSA) is 154 Å². The molecule has 0 aromatic heterocycles. The van der Waals surface area contributed by atoms with Crippen LogP contribution in [0.3, 0.4) is 0 Å². The van der Waals surface area contributed by atoms with Crippen LogP contribution in [0.1, 0.15) is 46.7 Å². The first-order valence-corrected chi connectivity index (χ1v) is 18.9. The monoisotopic (exact) mass is 809 g/mol. The Morgan fingerprint density at radius 1 is 0.566 bits per heavy atom. The van der Waals surface area contributed by atoms with Gasteiger partial charge in [0.1, 0.15) is 21.9 Å². The van der Waals surface area contributed by atoms with Crippen LogP contribution in [0.15, 0.2) is 155 Å². The fourth-order valence-electron chi connectivity index (χ4n) is 4.52. The van der Waals surface area contributed by atoms with Crippen LogP contribution < -0.4 is 10.3 Å². The molecule has 5 aromatic rings. The largest absolute Gasteiger partial charge is 0.289 e. The van der Waals surface area contributed by atoms with Gasteiger partial charge in [-0.15, -0.1) is 0 Å². The van der Waals surface area contributed by atoms with Crippen LogP contribution in [-0.4, -0.2) is 27.9 Å². The zero-order valence-corrected chi connectivity index (χ0v) is 30.3. The molecule has 53 heavy (non-hydrogen) atoms. The molecule has 8 nitrogen and oxygen atoms in total. The highest BCUT2D eigenvalue weighted by molar-refractivity contribution is 7.89. The molecule has 0 saturated carbocycles. The number of ketones is 1. The van der Waals surface area contributed by atoms with E-state index in [0.29, 0.717) is 5.56 Å². The van der Waals surface area contributed by atoms with Gasteiger partial charge in [-0.1, -0.05) is 111 Å². The zero-order valence-electron chi connectivity index (χ0n) is 26.4. The number of benzene rings is 5. The van der Waals surface area contributed by atoms with E-state index in [9.17, 15) is 26.4 Å². The summed E-state index contributed by atoms with van der Waals surface area (Å²) in [5.41, 5.74) is 5.18. The quantitative estimate of drug-likeness (QED) is 0.0948. The van der Waals surface area contributed by atoms with Gasteiger partial charge in [0.05, 0.1) is 21.7 Å². The first-order chi connectivity index (χ1) is 24.1. The Balaban J connectivity index is 0.000000295. The minimum absolute atomic E-state index is 0. The first kappa shape index (κ1) is 44.4. The van der Waals surface area contributed by atoms with E-state index in [2.05, 4.69) is 24.3 Å². The molecule has 6 rings (SSSR count). The molecular formula is C40H36Cl3N2O6S2+. The van der Waals surface area contributed by atoms with Crippen molar-refractivity contribution in [2.45, 2.75) is 24.6 Å². The van der Waals surface area contributed by atoms with Gasteiger partial charge in [-0.2, -0.15) is 0 Å². The summed E-state index contributed by atoms with van der Waals surface area (Å²) in [6.45, 7) is 0. The van der Waals surface area contributed by atoms with Crippen LogP contribution in [0.2, 0.25) is 10.0 Å². The highest BCUT2D eigenvalue weighted by Gasteiger charge is 2.18. The molecule has 1 aliphatic rings. The number of allylic oxidation sites excluding steroid dienone is 6. The molecular weight excluding hydrogens is 775 g/mol. The summed E-state index contributed by atoms with van der Waals surface area (Å²) in [5.74, 6) is -0.304. The summed E-state index contributed by atoms with van der Waals surface area (Å²) in [7, 11) is -7.93. The van der Waals surface area contributed by atoms with Crippen molar-refractivity contribution in [2.24, 2.45) is 10.3 Å². The van der Waals surface area contributed by atoms with E-state index in [1.54, 1.807) is 12.1 Å². The molecule has 1 aliphatic carbocycles. The number of nitrogens with two attached hydrogens (primary N) is 2. The third-order valence-corrected chi connectivity index (χ3v) is 10.0. The van der Waals surface area contributed by atoms with E-state index >= 15 is 0 Å². The van der Waals surface area contributed by atoms with Gasteiger partial charge < -0.3 is 0 Å². The fourth-order valence-corrected chi connectivity index (χ4v) is 6.78. The summed E-state index contributed by atoms with van der Waals surface area (Å²) in [5, 5.41) is 9.15. The molecule has 0 heterocycles. The molecule has 0 atom stereocenters. The molecule has 0 saturated heterocycles. The van der Waals surface area contributed by atoms with Crippen molar-refractivity contribution in [1.82, 2.24) is 0 Å². The maximum Gasteiger partial charge on any atom is 0.252 e. The predicted molar refractivity (Wildman–Crippen MR) is 216 cm³/mol. The molecule has 5 aromatic carbocycles. The lowest BCUT2D eigenvalue weighted by Gasteiger charge is -2.07. The van der Waals surface area contributed by atoms with Crippen LogP contribution in [0.25, 0.3) is 16.7 Å². The SMILES string of the molecule is C.C.NS(=O)(=O)c1cc(C(=O)Cl)ccc1Cl.NS(=O)(=O)c1cc(C(=O)c2ccc(-c3ccccc3)cc2)ccc1Cl.[C+]1=CC(c2ccccc2)=CC=C1. The van der Waals surface area contributed by atoms with Crippen molar-refractivity contribution in [3.8, 4) is 11.1 Å². The Hall–Kier alpha value is -4.74. The lowest BCUT2D eigenvalue weighted by molar-refractivity contribution is 0.103. The van der Waals surface area contributed by atoms with Crippen LogP contribution >= 0.6 is 34.8 Å². The van der Waals surface area contributed by atoms with Crippen molar-refractivity contribution in [1.29, 1.82) is 0 Å². The average Bonchev–Trinajstić information content (AvgIpc) is 3.12. The van der Waals surface area contributed by atoms with E-state index in [-0.39, 0.29) is 51.6 Å². The molecule has 0 amide bonds. The molecule has 0 aliphatic heterocycles. The van der Waals surface area contributed by atoms with Crippen molar-refractivity contribution < 1.29 is 26.4 Å². The molecule has 0 radical (unpaired) electrons. The summed E-state index contributed by atoms with van der Waals surface area (Å²) in [4.78, 5) is 22.8. The standard InChI is InChI=1S/C19H14ClNO3S.C12H9.C7H5Cl2NO3S.2CH4/c20-17-11-10-16(12-18(17)25(21,23)24)19(22)15-8-6-14(7-9-15)13-4-2-1-3-5-13;1-3-7-11(8-4-1)12-9-5-2-6-10-12;8-5-2-1-4(7(9)11)3-6(5)14(10,12)13;;/h1-12H,(H2,21,23,24);1-5,7-10H;1-3H,(H2,10,12,13);2*1H4/q;+1;;;. The molecule has 0 fully saturated rings. The average molecular weight is 811 g/mol. The lowest BCUT2D eigenvalue weighted by atomic mass is 9.99. The Morgan fingerprint density at radius 2 is 1.00 bits per heavy atom. The Morgan fingerprint density at radius 3 is 1.45 bits per heavy atom. The van der Waals surface area contributed by atoms with Crippen LogP contribution in [0.5, 0.6) is 0 Å². The zero-order chi connectivity index (χ0) is 37.2. The number of primary sulfonamides is 2. The Kier molecular flexibility index (Phi) is 16.7. The van der Waals surface area contributed by atoms with Gasteiger partial charge in [-0.05, 0) is 71.3 Å². The van der Waals surface area contributed by atoms with Gasteiger partial charge in [0.15, 0.2) is 5.78 Å². The second-order valence-electron chi connectivity index (χ2n) is 10.6. The van der Waals surface area contributed by atoms with Gasteiger partial charge in [0, 0.05) is 34.4 Å². The van der Waals surface area contributed by atoms with E-state index in [1.165, 1.54) is 41.5 Å². The summed E-state index contributed by atoms with van der Waals surface area (Å²) in [6.07, 6.45) is 11.1. The van der Waals surface area contributed by atoms with Crippen molar-refractivity contribution >= 4 is 71.4 Å². The smallest absolute Gasteiger partial charge is 0.252 e. The molecule has 13 heteroatoms. The number of carbonyl (C=O) groups is 2. The third kappa shape index (κ3) is 12.7. The number of hydrogen-bond donors (Lipinski definition) is 2. The van der Waals surface area contributed by atoms with Crippen LogP contribution in [-0.2, 0) is 20.0 Å². The maximum atomic E-state index is 12.6. The van der Waals surface area contributed by atoms with Crippen LogP contribution in [0.4, 0.5) is 0 Å². The van der Waals surface area contributed by atoms with Crippen molar-refractivity contribution in [3.63, 3.8) is 0 Å². The van der Waals surface area contributed by atoms with E-state index < -0.39 is 25.3 Å². The Labute approximate surface area is 326 Å². The van der Waals surface area contributed by atoms with Gasteiger partial charge >= 0.3 is 0 Å². The van der Waals surface area contributed by atoms with Crippen molar-refractivity contribution in [3.05, 3.63) is 184 Å². The maximum absolute atomic E-state index is 12.6. The summed E-state index contributed by atoms with van der Waals surface area (Å²) >= 11 is 16.6. The minimum Gasteiger partial charge on any atom is -0.289 e. The second-order valence-corrected chi connectivity index (χ2v) is 14.8. The number of halogens is 3. The molecule has 274 valence electrons. The van der Waals surface area contributed by atoms with E-state index in [1.807, 2.05) is 78.9 Å². The Bertz CT molecular complexity index is 2360. The van der Waals surface area contributed by atoms with E-state index in [0.717, 1.165) is 17.2 Å². The molecule has 0 spiro atoms. The molecule has 4 N–H and O–H groups in total. The van der Waals surface area contributed by atoms with Crippen LogP contribution in [0, 0.1) is 6.08 Å². The summed E-state index contributed by atoms with van der Waals surface area (Å²) < 4.78 is 45.0. The second kappa shape index (κ2) is 19.9. The molecule has 0 bridgehead atoms. The lowest BCUT2D eigenvalue weighted by Crippen LogP contribution is -2.14. The highest BCUT2D eigenvalue weighted by Crippen LogP contribution is 2.25. The fraction of sp³-hybridized carbons (Fsp3) is 0.0500. The van der Waals surface area contributed by atoms with Gasteiger partial charge in [0.25, 0.3) is 5.24 Å². The van der Waals surface area contributed by atoms with Gasteiger partial charge in [-0.25, -0.2) is 27.1 Å². The van der Waals surface area contributed by atoms with Gasteiger partial charge in [-0.3, -0.25) is 9.59 Å². The number of carbonyl (C=O) groups excluding carboxylic acids is 2. The minimum atomic E-state index is -4.00. The number of rotatable bonds is 7.